The van der Waals surface area contributed by atoms with Gasteiger partial charge in [0.25, 0.3) is 0 Å². The van der Waals surface area contributed by atoms with Crippen molar-refractivity contribution in [3.8, 4) is 5.88 Å². The van der Waals surface area contributed by atoms with Crippen LogP contribution in [0.15, 0.2) is 24.3 Å². The van der Waals surface area contributed by atoms with Gasteiger partial charge >= 0.3 is 5.97 Å². The molecule has 1 atom stereocenters. The van der Waals surface area contributed by atoms with Crippen LogP contribution in [0.4, 0.5) is 5.82 Å². The summed E-state index contributed by atoms with van der Waals surface area (Å²) in [5, 5.41) is 9.27. The van der Waals surface area contributed by atoms with Gasteiger partial charge in [0.05, 0.1) is 11.5 Å². The van der Waals surface area contributed by atoms with E-state index in [1.807, 2.05) is 26.8 Å². The molecule has 1 unspecified atom stereocenters. The summed E-state index contributed by atoms with van der Waals surface area (Å²) in [6.45, 7) is 7.71. The molecule has 1 aromatic heterocycles. The highest BCUT2D eigenvalue weighted by molar-refractivity contribution is 5.91. The van der Waals surface area contributed by atoms with Gasteiger partial charge in [-0.15, -0.1) is 0 Å². The lowest BCUT2D eigenvalue weighted by molar-refractivity contribution is -0.143. The molecule has 0 saturated heterocycles. The number of ether oxygens (including phenoxy) is 1. The average Bonchev–Trinajstić information content (AvgIpc) is 2.72. The molecule has 2 aliphatic rings. The third kappa shape index (κ3) is 4.16. The van der Waals surface area contributed by atoms with E-state index < -0.39 is 11.6 Å². The molecule has 0 bridgehead atoms. The number of anilines is 1. The molecule has 2 heterocycles. The molecule has 0 amide bonds. The topological polar surface area (TPSA) is 98.3 Å². The lowest BCUT2D eigenvalue weighted by Gasteiger charge is -2.34. The standard InChI is InChI=1S/C25H31N3O3/c1-14(24(29)30)16-5-7-17(8-6-16)18-9-11-19(12-10-18)21-13-20-22(26)27-15(2)28-23(20)31-25(21,3)4/h9-14,16-17H,5-8H2,1-4H3,(H,29,30)(H2,26,27,28)/t14?,16-,17-. The van der Waals surface area contributed by atoms with E-state index in [1.54, 1.807) is 6.92 Å². The maximum Gasteiger partial charge on any atom is 0.306 e. The Morgan fingerprint density at radius 1 is 1.16 bits per heavy atom. The molecular formula is C25H31N3O3. The monoisotopic (exact) mass is 421 g/mol. The zero-order chi connectivity index (χ0) is 22.3. The van der Waals surface area contributed by atoms with Crippen molar-refractivity contribution in [2.75, 3.05) is 5.73 Å². The number of carboxylic acids is 1. The Morgan fingerprint density at radius 2 is 1.81 bits per heavy atom. The first kappa shape index (κ1) is 21.3. The van der Waals surface area contributed by atoms with Crippen molar-refractivity contribution in [1.29, 1.82) is 0 Å². The van der Waals surface area contributed by atoms with E-state index in [0.29, 0.717) is 23.4 Å². The summed E-state index contributed by atoms with van der Waals surface area (Å²) in [6, 6.07) is 8.69. The van der Waals surface area contributed by atoms with Gasteiger partial charge in [0.15, 0.2) is 0 Å². The van der Waals surface area contributed by atoms with Crippen molar-refractivity contribution in [1.82, 2.24) is 9.97 Å². The van der Waals surface area contributed by atoms with Gasteiger partial charge in [-0.05, 0) is 75.5 Å². The molecule has 2 aromatic rings. The summed E-state index contributed by atoms with van der Waals surface area (Å²) in [5.41, 5.74) is 9.78. The molecule has 31 heavy (non-hydrogen) atoms. The van der Waals surface area contributed by atoms with Crippen LogP contribution in [-0.4, -0.2) is 26.6 Å². The average molecular weight is 422 g/mol. The van der Waals surface area contributed by atoms with Gasteiger partial charge in [0.1, 0.15) is 17.2 Å². The zero-order valence-electron chi connectivity index (χ0n) is 18.7. The zero-order valence-corrected chi connectivity index (χ0v) is 18.7. The molecule has 4 rings (SSSR count). The maximum absolute atomic E-state index is 11.3. The number of aliphatic carboxylic acids is 1. The van der Waals surface area contributed by atoms with Gasteiger partial charge in [0.2, 0.25) is 5.88 Å². The first-order valence-corrected chi connectivity index (χ1v) is 11.0. The second-order valence-electron chi connectivity index (χ2n) is 9.41. The number of nitrogens with zero attached hydrogens (tertiary/aromatic N) is 2. The Labute approximate surface area is 183 Å². The fourth-order valence-electron chi connectivity index (χ4n) is 4.92. The lowest BCUT2D eigenvalue weighted by Crippen LogP contribution is -2.33. The molecule has 0 spiro atoms. The number of hydrogen-bond acceptors (Lipinski definition) is 5. The minimum atomic E-state index is -0.679. The van der Waals surface area contributed by atoms with Crippen LogP contribution in [-0.2, 0) is 4.79 Å². The van der Waals surface area contributed by atoms with Crippen LogP contribution in [0.25, 0.3) is 11.6 Å². The van der Waals surface area contributed by atoms with E-state index in [0.717, 1.165) is 42.4 Å². The van der Waals surface area contributed by atoms with Crippen molar-refractivity contribution in [2.24, 2.45) is 11.8 Å². The molecule has 6 heteroatoms. The second-order valence-corrected chi connectivity index (χ2v) is 9.41. The third-order valence-corrected chi connectivity index (χ3v) is 6.90. The number of aryl methyl sites for hydroxylation is 1. The van der Waals surface area contributed by atoms with E-state index in [-0.39, 0.29) is 11.8 Å². The van der Waals surface area contributed by atoms with Crippen LogP contribution in [0, 0.1) is 18.8 Å². The number of benzene rings is 1. The molecule has 1 aliphatic heterocycles. The summed E-state index contributed by atoms with van der Waals surface area (Å²) in [5.74, 6) is 1.40. The van der Waals surface area contributed by atoms with Gasteiger partial charge in [0, 0.05) is 5.57 Å². The molecule has 1 aromatic carbocycles. The van der Waals surface area contributed by atoms with Crippen LogP contribution in [0.2, 0.25) is 0 Å². The minimum absolute atomic E-state index is 0.258. The predicted molar refractivity (Wildman–Crippen MR) is 122 cm³/mol. The Kier molecular flexibility index (Phi) is 5.50. The van der Waals surface area contributed by atoms with Gasteiger partial charge < -0.3 is 15.6 Å². The number of nitrogen functional groups attached to an aromatic ring is 1. The van der Waals surface area contributed by atoms with Crippen molar-refractivity contribution in [3.05, 3.63) is 46.8 Å². The van der Waals surface area contributed by atoms with Crippen LogP contribution >= 0.6 is 0 Å². The van der Waals surface area contributed by atoms with E-state index in [4.69, 9.17) is 10.5 Å². The first-order valence-electron chi connectivity index (χ1n) is 11.0. The molecule has 0 radical (unpaired) electrons. The van der Waals surface area contributed by atoms with Crippen LogP contribution in [0.5, 0.6) is 5.88 Å². The summed E-state index contributed by atoms with van der Waals surface area (Å²) < 4.78 is 6.20. The number of rotatable bonds is 4. The Morgan fingerprint density at radius 3 is 2.42 bits per heavy atom. The van der Waals surface area contributed by atoms with Crippen LogP contribution in [0.3, 0.4) is 0 Å². The second kappa shape index (κ2) is 7.98. The maximum atomic E-state index is 11.3. The molecule has 164 valence electrons. The Balaban J connectivity index is 1.54. The van der Waals surface area contributed by atoms with Gasteiger partial charge in [-0.3, -0.25) is 4.79 Å². The number of fused-ring (bicyclic) bond motifs is 1. The van der Waals surface area contributed by atoms with Gasteiger partial charge in [-0.1, -0.05) is 31.2 Å². The van der Waals surface area contributed by atoms with E-state index in [2.05, 4.69) is 34.2 Å². The number of carbonyl (C=O) groups is 1. The summed E-state index contributed by atoms with van der Waals surface area (Å²) in [7, 11) is 0. The lowest BCUT2D eigenvalue weighted by atomic mass is 9.74. The highest BCUT2D eigenvalue weighted by Gasteiger charge is 2.34. The first-order chi connectivity index (χ1) is 14.7. The Hall–Kier alpha value is -2.89. The van der Waals surface area contributed by atoms with Gasteiger partial charge in [-0.25, -0.2) is 4.98 Å². The van der Waals surface area contributed by atoms with E-state index in [1.165, 1.54) is 5.56 Å². The van der Waals surface area contributed by atoms with E-state index in [9.17, 15) is 9.90 Å². The number of nitrogens with two attached hydrogens (primary N) is 1. The van der Waals surface area contributed by atoms with Crippen LogP contribution in [0.1, 0.15) is 74.9 Å². The minimum Gasteiger partial charge on any atom is -0.481 e. The van der Waals surface area contributed by atoms with E-state index >= 15 is 0 Å². The third-order valence-electron chi connectivity index (χ3n) is 6.90. The molecule has 1 fully saturated rings. The van der Waals surface area contributed by atoms with Crippen molar-refractivity contribution >= 4 is 23.4 Å². The largest absolute Gasteiger partial charge is 0.481 e. The quantitative estimate of drug-likeness (QED) is 0.715. The Bertz CT molecular complexity index is 1020. The van der Waals surface area contributed by atoms with Gasteiger partial charge in [-0.2, -0.15) is 4.98 Å². The molecular weight excluding hydrogens is 390 g/mol. The molecule has 6 nitrogen and oxygen atoms in total. The SMILES string of the molecule is Cc1nc(N)c2c(n1)OC(C)(C)C(c1ccc([C@H]3CC[C@H](C(C)C(=O)O)CC3)cc1)=C2. The van der Waals surface area contributed by atoms with Crippen molar-refractivity contribution < 1.29 is 14.6 Å². The van der Waals surface area contributed by atoms with Crippen LogP contribution < -0.4 is 10.5 Å². The number of hydrogen-bond donors (Lipinski definition) is 2. The molecule has 3 N–H and O–H groups in total. The summed E-state index contributed by atoms with van der Waals surface area (Å²) >= 11 is 0. The smallest absolute Gasteiger partial charge is 0.306 e. The summed E-state index contributed by atoms with van der Waals surface area (Å²) in [4.78, 5) is 20.0. The highest BCUT2D eigenvalue weighted by Crippen LogP contribution is 2.42. The highest BCUT2D eigenvalue weighted by atomic mass is 16.5. The molecule has 1 saturated carbocycles. The fourth-order valence-corrected chi connectivity index (χ4v) is 4.92. The van der Waals surface area contributed by atoms with Crippen molar-refractivity contribution in [3.63, 3.8) is 0 Å². The predicted octanol–water partition coefficient (Wildman–Crippen LogP) is 5.07. The number of aromatic nitrogens is 2. The van der Waals surface area contributed by atoms with Crippen molar-refractivity contribution in [2.45, 2.75) is 64.9 Å². The number of carboxylic acid groups (broad SMARTS) is 1. The molecule has 1 aliphatic carbocycles. The normalized spacial score (nSPS) is 23.3. The fraction of sp³-hybridized carbons (Fsp3) is 0.480. The summed E-state index contributed by atoms with van der Waals surface area (Å²) in [6.07, 6.45) is 6.07.